The molecule has 0 spiro atoms. The van der Waals surface area contributed by atoms with Crippen molar-refractivity contribution in [1.29, 1.82) is 0 Å². The average molecular weight is 199 g/mol. The summed E-state index contributed by atoms with van der Waals surface area (Å²) in [7, 11) is 1.63. The van der Waals surface area contributed by atoms with Crippen molar-refractivity contribution in [3.63, 3.8) is 0 Å². The Labute approximate surface area is 81.7 Å². The number of carbonyl (C=O) groups is 2. The number of aliphatic carboxylic acids is 1. The van der Waals surface area contributed by atoms with Crippen LogP contribution in [0.2, 0.25) is 0 Å². The average Bonchev–Trinajstić information content (AvgIpc) is 2.07. The van der Waals surface area contributed by atoms with Gasteiger partial charge in [-0.15, -0.1) is 0 Å². The zero-order valence-corrected chi connectivity index (χ0v) is 7.90. The Kier molecular flexibility index (Phi) is 3.64. The van der Waals surface area contributed by atoms with E-state index in [1.165, 1.54) is 0 Å². The lowest BCUT2D eigenvalue weighted by atomic mass is 9.89. The Bertz CT molecular complexity index is 256. The summed E-state index contributed by atoms with van der Waals surface area (Å²) in [5.74, 6) is -1.49. The molecule has 1 aliphatic carbocycles. The van der Waals surface area contributed by atoms with Gasteiger partial charge in [0.05, 0.1) is 6.10 Å². The van der Waals surface area contributed by atoms with Crippen LogP contribution in [0.25, 0.3) is 0 Å². The summed E-state index contributed by atoms with van der Waals surface area (Å²) in [5.41, 5.74) is 0. The highest BCUT2D eigenvalue weighted by Gasteiger charge is 2.29. The standard InChI is InChI=1S/C9H13NO4/c1-14-7-4-6(5-7)10-8(11)2-3-9(12)13/h2-3,6-7H,4-5H2,1H3,(H,10,11)(H,12,13)/b3-2+. The van der Waals surface area contributed by atoms with Crippen molar-refractivity contribution in [3.05, 3.63) is 12.2 Å². The fourth-order valence-electron chi connectivity index (χ4n) is 1.27. The largest absolute Gasteiger partial charge is 0.478 e. The lowest BCUT2D eigenvalue weighted by Gasteiger charge is -2.34. The van der Waals surface area contributed by atoms with Crippen LogP contribution in [0, 0.1) is 0 Å². The molecule has 0 saturated heterocycles. The molecule has 2 N–H and O–H groups in total. The maximum atomic E-state index is 11.0. The van der Waals surface area contributed by atoms with Crippen LogP contribution in [-0.4, -0.2) is 36.2 Å². The van der Waals surface area contributed by atoms with Crippen molar-refractivity contribution >= 4 is 11.9 Å². The van der Waals surface area contributed by atoms with E-state index in [9.17, 15) is 9.59 Å². The van der Waals surface area contributed by atoms with Crippen LogP contribution in [0.3, 0.4) is 0 Å². The fraction of sp³-hybridized carbons (Fsp3) is 0.556. The molecule has 0 radical (unpaired) electrons. The van der Waals surface area contributed by atoms with Gasteiger partial charge in [-0.2, -0.15) is 0 Å². The number of rotatable bonds is 4. The second-order valence-corrected chi connectivity index (χ2v) is 3.21. The summed E-state index contributed by atoms with van der Waals surface area (Å²) in [4.78, 5) is 21.1. The van der Waals surface area contributed by atoms with E-state index in [1.54, 1.807) is 7.11 Å². The molecule has 1 amide bonds. The van der Waals surface area contributed by atoms with Crippen molar-refractivity contribution in [3.8, 4) is 0 Å². The minimum Gasteiger partial charge on any atom is -0.478 e. The molecule has 1 fully saturated rings. The number of hydrogen-bond donors (Lipinski definition) is 2. The second kappa shape index (κ2) is 4.76. The molecule has 14 heavy (non-hydrogen) atoms. The van der Waals surface area contributed by atoms with Gasteiger partial charge >= 0.3 is 5.97 Å². The predicted octanol–water partition coefficient (Wildman–Crippen LogP) is -0.0792. The first-order valence-corrected chi connectivity index (χ1v) is 4.36. The van der Waals surface area contributed by atoms with Gasteiger partial charge in [0.25, 0.3) is 0 Å². The number of hydrogen-bond acceptors (Lipinski definition) is 3. The molecule has 0 bridgehead atoms. The highest BCUT2D eigenvalue weighted by molar-refractivity contribution is 5.94. The van der Waals surface area contributed by atoms with Crippen LogP contribution in [0.5, 0.6) is 0 Å². The highest BCUT2D eigenvalue weighted by Crippen LogP contribution is 2.22. The number of nitrogens with one attached hydrogen (secondary N) is 1. The molecule has 0 atom stereocenters. The summed E-state index contributed by atoms with van der Waals surface area (Å²) in [6, 6.07) is 0.117. The number of carboxylic acid groups (broad SMARTS) is 1. The Balaban J connectivity index is 2.19. The molecule has 78 valence electrons. The number of methoxy groups -OCH3 is 1. The van der Waals surface area contributed by atoms with E-state index in [-0.39, 0.29) is 18.1 Å². The third-order valence-electron chi connectivity index (χ3n) is 2.15. The smallest absolute Gasteiger partial charge is 0.328 e. The van der Waals surface area contributed by atoms with Crippen LogP contribution in [-0.2, 0) is 14.3 Å². The monoisotopic (exact) mass is 199 g/mol. The molecule has 0 aromatic rings. The van der Waals surface area contributed by atoms with Crippen molar-refractivity contribution in [2.75, 3.05) is 7.11 Å². The van der Waals surface area contributed by atoms with Gasteiger partial charge in [-0.05, 0) is 12.8 Å². The number of amides is 1. The van der Waals surface area contributed by atoms with Gasteiger partial charge in [-0.1, -0.05) is 0 Å². The molecule has 1 rings (SSSR count). The first-order valence-electron chi connectivity index (χ1n) is 4.36. The van der Waals surface area contributed by atoms with E-state index in [4.69, 9.17) is 9.84 Å². The number of ether oxygens (including phenoxy) is 1. The van der Waals surface area contributed by atoms with Gasteiger partial charge in [0, 0.05) is 25.3 Å². The van der Waals surface area contributed by atoms with Crippen LogP contribution >= 0.6 is 0 Å². The Morgan fingerprint density at radius 1 is 1.43 bits per heavy atom. The first kappa shape index (κ1) is 10.7. The minimum atomic E-state index is -1.12. The topological polar surface area (TPSA) is 75.6 Å². The molecule has 0 aromatic heterocycles. The minimum absolute atomic E-state index is 0.117. The summed E-state index contributed by atoms with van der Waals surface area (Å²) in [5, 5.41) is 10.9. The number of carboxylic acids is 1. The van der Waals surface area contributed by atoms with Crippen molar-refractivity contribution in [1.82, 2.24) is 5.32 Å². The molecule has 1 aliphatic rings. The Hall–Kier alpha value is -1.36. The van der Waals surface area contributed by atoms with E-state index in [1.807, 2.05) is 0 Å². The van der Waals surface area contributed by atoms with Gasteiger partial charge in [0.2, 0.25) is 5.91 Å². The summed E-state index contributed by atoms with van der Waals surface area (Å²) in [6.07, 6.45) is 3.65. The molecular weight excluding hydrogens is 186 g/mol. The fourth-order valence-corrected chi connectivity index (χ4v) is 1.27. The SMILES string of the molecule is COC1CC(NC(=O)/C=C/C(=O)O)C1. The van der Waals surface area contributed by atoms with E-state index in [0.717, 1.165) is 25.0 Å². The molecule has 1 saturated carbocycles. The second-order valence-electron chi connectivity index (χ2n) is 3.21. The molecule has 0 unspecified atom stereocenters. The lowest BCUT2D eigenvalue weighted by Crippen LogP contribution is -2.47. The van der Waals surface area contributed by atoms with Crippen molar-refractivity contribution < 1.29 is 19.4 Å². The van der Waals surface area contributed by atoms with Crippen molar-refractivity contribution in [2.24, 2.45) is 0 Å². The summed E-state index contributed by atoms with van der Waals surface area (Å²) < 4.78 is 5.03. The Morgan fingerprint density at radius 2 is 2.07 bits per heavy atom. The molecule has 5 heteroatoms. The Morgan fingerprint density at radius 3 is 2.57 bits per heavy atom. The summed E-state index contributed by atoms with van der Waals surface area (Å²) >= 11 is 0. The van der Waals surface area contributed by atoms with Crippen molar-refractivity contribution in [2.45, 2.75) is 25.0 Å². The molecule has 0 heterocycles. The number of carbonyl (C=O) groups excluding carboxylic acids is 1. The van der Waals surface area contributed by atoms with Crippen LogP contribution in [0.4, 0.5) is 0 Å². The summed E-state index contributed by atoms with van der Waals surface area (Å²) in [6.45, 7) is 0. The lowest BCUT2D eigenvalue weighted by molar-refractivity contribution is -0.131. The van der Waals surface area contributed by atoms with Crippen LogP contribution in [0.1, 0.15) is 12.8 Å². The quantitative estimate of drug-likeness (QED) is 0.621. The molecule has 0 aromatic carbocycles. The molecule has 5 nitrogen and oxygen atoms in total. The normalized spacial score (nSPS) is 25.8. The zero-order chi connectivity index (χ0) is 10.6. The van der Waals surface area contributed by atoms with Gasteiger partial charge < -0.3 is 15.2 Å². The van der Waals surface area contributed by atoms with Gasteiger partial charge in [-0.3, -0.25) is 4.79 Å². The highest BCUT2D eigenvalue weighted by atomic mass is 16.5. The first-order chi connectivity index (χ1) is 6.61. The van der Waals surface area contributed by atoms with Crippen LogP contribution in [0.15, 0.2) is 12.2 Å². The van der Waals surface area contributed by atoms with Gasteiger partial charge in [-0.25, -0.2) is 4.79 Å². The van der Waals surface area contributed by atoms with Crippen LogP contribution < -0.4 is 5.32 Å². The van der Waals surface area contributed by atoms with E-state index in [2.05, 4.69) is 5.32 Å². The molecule has 0 aliphatic heterocycles. The van der Waals surface area contributed by atoms with Gasteiger partial charge in [0.15, 0.2) is 0 Å². The zero-order valence-electron chi connectivity index (χ0n) is 7.90. The van der Waals surface area contributed by atoms with E-state index in [0.29, 0.717) is 0 Å². The van der Waals surface area contributed by atoms with E-state index < -0.39 is 5.97 Å². The third kappa shape index (κ3) is 3.18. The maximum absolute atomic E-state index is 11.0. The van der Waals surface area contributed by atoms with Gasteiger partial charge in [0.1, 0.15) is 0 Å². The van der Waals surface area contributed by atoms with E-state index >= 15 is 0 Å². The predicted molar refractivity (Wildman–Crippen MR) is 48.7 cm³/mol. The molecular formula is C9H13NO4. The third-order valence-corrected chi connectivity index (χ3v) is 2.15. The maximum Gasteiger partial charge on any atom is 0.328 e.